The first-order chi connectivity index (χ1) is 10.3. The molecule has 0 aliphatic carbocycles. The molecule has 0 atom stereocenters. The number of phenols is 1. The zero-order valence-electron chi connectivity index (χ0n) is 14.2. The number of hydrogen-bond acceptors (Lipinski definition) is 1. The molecule has 0 heterocycles. The summed E-state index contributed by atoms with van der Waals surface area (Å²) >= 11 is 0. The summed E-state index contributed by atoms with van der Waals surface area (Å²) in [7, 11) is 0. The molecule has 1 aromatic carbocycles. The quantitative estimate of drug-likeness (QED) is 0.440. The van der Waals surface area contributed by atoms with Crippen LogP contribution in [0.5, 0.6) is 5.75 Å². The van der Waals surface area contributed by atoms with Gasteiger partial charge in [-0.3, -0.25) is 0 Å². The van der Waals surface area contributed by atoms with E-state index in [0.717, 1.165) is 12.8 Å². The first kappa shape index (κ1) is 18.1. The maximum absolute atomic E-state index is 10.1. The molecule has 1 rings (SSSR count). The summed E-state index contributed by atoms with van der Waals surface area (Å²) in [5.74, 6) is 0.511. The standard InChI is InChI=1S/C20H34O/c1-3-5-7-9-10-12-16-19-18(14-11-8-6-4-2)15-13-17-20(19)21/h13,15,17,21H,3-12,14,16H2,1-2H3. The van der Waals surface area contributed by atoms with Crippen molar-refractivity contribution in [2.75, 3.05) is 0 Å². The highest BCUT2D eigenvalue weighted by Gasteiger charge is 2.07. The lowest BCUT2D eigenvalue weighted by atomic mass is 9.95. The molecule has 0 saturated carbocycles. The lowest BCUT2D eigenvalue weighted by molar-refractivity contribution is 0.464. The molecule has 0 fully saturated rings. The molecule has 1 N–H and O–H groups in total. The van der Waals surface area contributed by atoms with Crippen molar-refractivity contribution in [1.82, 2.24) is 0 Å². The summed E-state index contributed by atoms with van der Waals surface area (Å²) in [5.41, 5.74) is 2.59. The number of phenolic OH excluding ortho intramolecular Hbond substituents is 1. The minimum Gasteiger partial charge on any atom is -0.508 e. The Kier molecular flexibility index (Phi) is 10.0. The van der Waals surface area contributed by atoms with Crippen LogP contribution in [0.3, 0.4) is 0 Å². The van der Waals surface area contributed by atoms with Gasteiger partial charge in [-0.1, -0.05) is 77.3 Å². The number of rotatable bonds is 12. The predicted octanol–water partition coefficient (Wildman–Crippen LogP) is 6.42. The van der Waals surface area contributed by atoms with E-state index < -0.39 is 0 Å². The largest absolute Gasteiger partial charge is 0.508 e. The van der Waals surface area contributed by atoms with Crippen LogP contribution in [0.1, 0.15) is 89.2 Å². The first-order valence-corrected chi connectivity index (χ1v) is 9.09. The SMILES string of the molecule is CCCCCCCCc1c(O)cccc1CCCCCC. The van der Waals surface area contributed by atoms with Crippen LogP contribution in [-0.4, -0.2) is 5.11 Å². The fourth-order valence-electron chi connectivity index (χ4n) is 2.97. The third-order valence-electron chi connectivity index (χ3n) is 4.33. The Morgan fingerprint density at radius 2 is 1.29 bits per heavy atom. The summed E-state index contributed by atoms with van der Waals surface area (Å²) in [6, 6.07) is 6.05. The van der Waals surface area contributed by atoms with Crippen LogP contribution < -0.4 is 0 Å². The van der Waals surface area contributed by atoms with Crippen LogP contribution in [-0.2, 0) is 12.8 Å². The van der Waals surface area contributed by atoms with E-state index in [2.05, 4.69) is 19.9 Å². The molecule has 1 aromatic rings. The van der Waals surface area contributed by atoms with E-state index in [1.807, 2.05) is 12.1 Å². The third-order valence-corrected chi connectivity index (χ3v) is 4.33. The summed E-state index contributed by atoms with van der Waals surface area (Å²) in [4.78, 5) is 0. The van der Waals surface area contributed by atoms with Gasteiger partial charge in [-0.15, -0.1) is 0 Å². The molecule has 1 nitrogen and oxygen atoms in total. The van der Waals surface area contributed by atoms with Gasteiger partial charge in [0.05, 0.1) is 0 Å². The molecule has 0 amide bonds. The fraction of sp³-hybridized carbons (Fsp3) is 0.700. The van der Waals surface area contributed by atoms with Crippen molar-refractivity contribution < 1.29 is 5.11 Å². The summed E-state index contributed by atoms with van der Waals surface area (Å²) in [5, 5.41) is 10.1. The molecule has 0 radical (unpaired) electrons. The van der Waals surface area contributed by atoms with E-state index in [9.17, 15) is 5.11 Å². The minimum atomic E-state index is 0.511. The van der Waals surface area contributed by atoms with Gasteiger partial charge in [0, 0.05) is 0 Å². The van der Waals surface area contributed by atoms with Crippen molar-refractivity contribution in [3.05, 3.63) is 29.3 Å². The zero-order chi connectivity index (χ0) is 15.3. The van der Waals surface area contributed by atoms with Crippen molar-refractivity contribution in [1.29, 1.82) is 0 Å². The Bertz CT molecular complexity index is 370. The van der Waals surface area contributed by atoms with E-state index in [4.69, 9.17) is 0 Å². The monoisotopic (exact) mass is 290 g/mol. The third kappa shape index (κ3) is 7.55. The Balaban J connectivity index is 2.39. The van der Waals surface area contributed by atoms with Gasteiger partial charge in [0.2, 0.25) is 0 Å². The van der Waals surface area contributed by atoms with Crippen molar-refractivity contribution in [3.63, 3.8) is 0 Å². The summed E-state index contributed by atoms with van der Waals surface area (Å²) in [6.45, 7) is 4.51. The van der Waals surface area contributed by atoms with Gasteiger partial charge < -0.3 is 5.11 Å². The molecule has 1 heteroatoms. The van der Waals surface area contributed by atoms with E-state index >= 15 is 0 Å². The Labute approximate surface area is 131 Å². The van der Waals surface area contributed by atoms with E-state index in [-0.39, 0.29) is 0 Å². The van der Waals surface area contributed by atoms with Crippen molar-refractivity contribution in [3.8, 4) is 5.75 Å². The highest BCUT2D eigenvalue weighted by molar-refractivity contribution is 5.39. The van der Waals surface area contributed by atoms with Crippen LogP contribution >= 0.6 is 0 Å². The molecule has 0 aromatic heterocycles. The molecule has 0 spiro atoms. The summed E-state index contributed by atoms with van der Waals surface area (Å²) in [6.07, 6.45) is 15.2. The van der Waals surface area contributed by atoms with Crippen LogP contribution in [0.4, 0.5) is 0 Å². The number of unbranched alkanes of at least 4 members (excludes halogenated alkanes) is 8. The van der Waals surface area contributed by atoms with Gasteiger partial charge >= 0.3 is 0 Å². The van der Waals surface area contributed by atoms with Gasteiger partial charge in [0.15, 0.2) is 0 Å². The Morgan fingerprint density at radius 3 is 2.00 bits per heavy atom. The number of aromatic hydroxyl groups is 1. The lowest BCUT2D eigenvalue weighted by Gasteiger charge is -2.11. The highest BCUT2D eigenvalue weighted by Crippen LogP contribution is 2.25. The number of aryl methyl sites for hydroxylation is 1. The number of hydrogen-bond donors (Lipinski definition) is 1. The minimum absolute atomic E-state index is 0.511. The molecule has 0 bridgehead atoms. The van der Waals surface area contributed by atoms with Gasteiger partial charge in [0.1, 0.15) is 5.75 Å². The van der Waals surface area contributed by atoms with Crippen LogP contribution in [0, 0.1) is 0 Å². The molecular formula is C20H34O. The van der Waals surface area contributed by atoms with Crippen LogP contribution in [0.2, 0.25) is 0 Å². The Morgan fingerprint density at radius 1 is 0.714 bits per heavy atom. The Hall–Kier alpha value is -0.980. The van der Waals surface area contributed by atoms with Gasteiger partial charge in [-0.2, -0.15) is 0 Å². The van der Waals surface area contributed by atoms with Gasteiger partial charge in [0.25, 0.3) is 0 Å². The smallest absolute Gasteiger partial charge is 0.119 e. The second-order valence-electron chi connectivity index (χ2n) is 6.24. The highest BCUT2D eigenvalue weighted by atomic mass is 16.3. The van der Waals surface area contributed by atoms with Crippen LogP contribution in [0.15, 0.2) is 18.2 Å². The van der Waals surface area contributed by atoms with Crippen LogP contribution in [0.25, 0.3) is 0 Å². The van der Waals surface area contributed by atoms with Crippen molar-refractivity contribution in [2.45, 2.75) is 90.9 Å². The lowest BCUT2D eigenvalue weighted by Crippen LogP contribution is -1.96. The second kappa shape index (κ2) is 11.7. The van der Waals surface area contributed by atoms with Crippen molar-refractivity contribution >= 4 is 0 Å². The average molecular weight is 290 g/mol. The first-order valence-electron chi connectivity index (χ1n) is 9.09. The van der Waals surface area contributed by atoms with Gasteiger partial charge in [-0.05, 0) is 42.9 Å². The maximum Gasteiger partial charge on any atom is 0.119 e. The summed E-state index contributed by atoms with van der Waals surface area (Å²) < 4.78 is 0. The molecule has 0 unspecified atom stereocenters. The molecule has 21 heavy (non-hydrogen) atoms. The topological polar surface area (TPSA) is 20.2 Å². The van der Waals surface area contributed by atoms with Gasteiger partial charge in [-0.25, -0.2) is 0 Å². The van der Waals surface area contributed by atoms with E-state index in [0.29, 0.717) is 5.75 Å². The molecule has 120 valence electrons. The molecule has 0 aliphatic heterocycles. The fourth-order valence-corrected chi connectivity index (χ4v) is 2.97. The number of benzene rings is 1. The molecular weight excluding hydrogens is 256 g/mol. The van der Waals surface area contributed by atoms with E-state index in [1.54, 1.807) is 0 Å². The maximum atomic E-state index is 10.1. The van der Waals surface area contributed by atoms with Crippen molar-refractivity contribution in [2.24, 2.45) is 0 Å². The predicted molar refractivity (Wildman–Crippen MR) is 93.0 cm³/mol. The molecule has 0 saturated heterocycles. The average Bonchev–Trinajstić information content (AvgIpc) is 2.49. The van der Waals surface area contributed by atoms with E-state index in [1.165, 1.54) is 75.3 Å². The molecule has 0 aliphatic rings. The zero-order valence-corrected chi connectivity index (χ0v) is 14.2. The normalized spacial score (nSPS) is 11.0. The second-order valence-corrected chi connectivity index (χ2v) is 6.24.